The topological polar surface area (TPSA) is 57.7 Å². The smallest absolute Gasteiger partial charge is 0.264 e. The van der Waals surface area contributed by atoms with E-state index < -0.39 is 10.0 Å². The van der Waals surface area contributed by atoms with Gasteiger partial charge < -0.3 is 4.90 Å². The number of sulfonamides is 1. The summed E-state index contributed by atoms with van der Waals surface area (Å²) in [6.45, 7) is 2.08. The van der Waals surface area contributed by atoms with E-state index in [2.05, 4.69) is 0 Å². The Kier molecular flexibility index (Phi) is 6.02. The third-order valence-corrected chi connectivity index (χ3v) is 7.47. The molecule has 0 unspecified atom stereocenters. The van der Waals surface area contributed by atoms with Gasteiger partial charge in [-0.1, -0.05) is 42.0 Å². The summed E-state index contributed by atoms with van der Waals surface area (Å²) in [6.07, 6.45) is 1.71. The third kappa shape index (κ3) is 4.53. The second-order valence-electron chi connectivity index (χ2n) is 8.09. The summed E-state index contributed by atoms with van der Waals surface area (Å²) in [5.74, 6) is -0.659. The van der Waals surface area contributed by atoms with Gasteiger partial charge >= 0.3 is 0 Å². The maximum atomic E-state index is 14.2. The van der Waals surface area contributed by atoms with Crippen LogP contribution in [0.5, 0.6) is 0 Å². The van der Waals surface area contributed by atoms with Crippen molar-refractivity contribution in [3.05, 3.63) is 95.3 Å². The van der Waals surface area contributed by atoms with Crippen molar-refractivity contribution in [1.82, 2.24) is 4.90 Å². The summed E-state index contributed by atoms with van der Waals surface area (Å²) >= 11 is 0. The highest BCUT2D eigenvalue weighted by Crippen LogP contribution is 2.31. The van der Waals surface area contributed by atoms with E-state index in [-0.39, 0.29) is 34.8 Å². The summed E-state index contributed by atoms with van der Waals surface area (Å²) < 4.78 is 41.8. The number of aryl methyl sites for hydroxylation is 1. The van der Waals surface area contributed by atoms with Gasteiger partial charge in [0.2, 0.25) is 0 Å². The lowest BCUT2D eigenvalue weighted by Gasteiger charge is -2.24. The summed E-state index contributed by atoms with van der Waals surface area (Å²) in [4.78, 5) is 15.0. The number of halogens is 1. The summed E-state index contributed by atoms with van der Waals surface area (Å²) in [7, 11) is -2.36. The van der Waals surface area contributed by atoms with E-state index in [0.29, 0.717) is 11.3 Å². The summed E-state index contributed by atoms with van der Waals surface area (Å²) in [5, 5.41) is 0. The van der Waals surface area contributed by atoms with Crippen LogP contribution in [0.2, 0.25) is 0 Å². The van der Waals surface area contributed by atoms with Gasteiger partial charge in [0.25, 0.3) is 15.9 Å². The first-order valence-corrected chi connectivity index (χ1v) is 11.9. The molecule has 0 aromatic heterocycles. The lowest BCUT2D eigenvalue weighted by Crippen LogP contribution is -2.33. The molecule has 4 rings (SSSR count). The molecule has 1 amide bonds. The van der Waals surface area contributed by atoms with Crippen LogP contribution in [-0.4, -0.2) is 32.3 Å². The molecule has 0 N–H and O–H groups in total. The first kappa shape index (κ1) is 22.0. The van der Waals surface area contributed by atoms with Crippen LogP contribution in [0.3, 0.4) is 0 Å². The summed E-state index contributed by atoms with van der Waals surface area (Å²) in [6, 6.07) is 19.6. The maximum absolute atomic E-state index is 14.2. The van der Waals surface area contributed by atoms with E-state index in [1.54, 1.807) is 47.4 Å². The Bertz CT molecular complexity index is 1240. The number of nitrogens with zero attached hydrogens (tertiary/aromatic N) is 2. The van der Waals surface area contributed by atoms with Crippen molar-refractivity contribution in [2.24, 2.45) is 0 Å². The Labute approximate surface area is 188 Å². The SMILES string of the molecule is Cc1ccc(N(C)S(=O)(=O)c2cccc(C(=O)N(Cc3ccccc3F)C3CC3)c2)cc1. The molecule has 0 heterocycles. The molecule has 1 saturated carbocycles. The Morgan fingerprint density at radius 1 is 1.00 bits per heavy atom. The number of hydrogen-bond acceptors (Lipinski definition) is 3. The van der Waals surface area contributed by atoms with Gasteiger partial charge in [-0.05, 0) is 56.2 Å². The molecule has 3 aromatic rings. The van der Waals surface area contributed by atoms with Crippen molar-refractivity contribution in [2.75, 3.05) is 11.4 Å². The average molecular weight is 453 g/mol. The summed E-state index contributed by atoms with van der Waals surface area (Å²) in [5.41, 5.74) is 2.27. The zero-order chi connectivity index (χ0) is 22.9. The van der Waals surface area contributed by atoms with Crippen LogP contribution in [0.25, 0.3) is 0 Å². The van der Waals surface area contributed by atoms with E-state index in [1.807, 2.05) is 19.1 Å². The van der Waals surface area contributed by atoms with Crippen LogP contribution in [0.4, 0.5) is 10.1 Å². The quantitative estimate of drug-likeness (QED) is 0.519. The number of carbonyl (C=O) groups is 1. The third-order valence-electron chi connectivity index (χ3n) is 5.68. The molecule has 3 aromatic carbocycles. The van der Waals surface area contributed by atoms with Gasteiger partial charge in [0.05, 0.1) is 10.6 Å². The van der Waals surface area contributed by atoms with Crippen LogP contribution >= 0.6 is 0 Å². The minimum absolute atomic E-state index is 0.0352. The fraction of sp³-hybridized carbons (Fsp3) is 0.240. The number of anilines is 1. The van der Waals surface area contributed by atoms with Gasteiger partial charge in [0, 0.05) is 30.8 Å². The van der Waals surface area contributed by atoms with Crippen molar-refractivity contribution in [3.8, 4) is 0 Å². The molecule has 0 radical (unpaired) electrons. The molecule has 1 aliphatic carbocycles. The fourth-order valence-corrected chi connectivity index (χ4v) is 4.81. The van der Waals surface area contributed by atoms with Crippen molar-refractivity contribution in [1.29, 1.82) is 0 Å². The molecule has 0 aliphatic heterocycles. The minimum atomic E-state index is -3.85. The molecule has 0 spiro atoms. The fourth-order valence-electron chi connectivity index (χ4n) is 3.57. The molecule has 166 valence electrons. The van der Waals surface area contributed by atoms with E-state index in [1.165, 1.54) is 29.6 Å². The Hall–Kier alpha value is -3.19. The standard InChI is InChI=1S/C25H25FN2O3S/c1-18-10-12-21(13-11-18)27(2)32(30,31)23-8-5-7-19(16-23)25(29)28(22-14-15-22)17-20-6-3-4-9-24(20)26/h3-13,16,22H,14-15,17H2,1-2H3. The molecular formula is C25H25FN2O3S. The van der Waals surface area contributed by atoms with Crippen molar-refractivity contribution in [3.63, 3.8) is 0 Å². The van der Waals surface area contributed by atoms with Gasteiger partial charge in [-0.2, -0.15) is 0 Å². The van der Waals surface area contributed by atoms with Crippen LogP contribution < -0.4 is 4.31 Å². The normalized spacial score (nSPS) is 13.6. The van der Waals surface area contributed by atoms with Crippen LogP contribution in [0.15, 0.2) is 77.7 Å². The van der Waals surface area contributed by atoms with E-state index >= 15 is 0 Å². The second kappa shape index (κ2) is 8.74. The van der Waals surface area contributed by atoms with Crippen molar-refractivity contribution < 1.29 is 17.6 Å². The van der Waals surface area contributed by atoms with Gasteiger partial charge in [0.1, 0.15) is 5.82 Å². The van der Waals surface area contributed by atoms with E-state index in [4.69, 9.17) is 0 Å². The van der Waals surface area contributed by atoms with Crippen molar-refractivity contribution in [2.45, 2.75) is 37.2 Å². The number of carbonyl (C=O) groups excluding carboxylic acids is 1. The average Bonchev–Trinajstić information content (AvgIpc) is 3.63. The largest absolute Gasteiger partial charge is 0.331 e. The first-order chi connectivity index (χ1) is 15.3. The number of amides is 1. The zero-order valence-corrected chi connectivity index (χ0v) is 18.8. The van der Waals surface area contributed by atoms with Gasteiger partial charge in [-0.3, -0.25) is 9.10 Å². The molecule has 1 fully saturated rings. The van der Waals surface area contributed by atoms with Crippen molar-refractivity contribution >= 4 is 21.6 Å². The predicted octanol–water partition coefficient (Wildman–Crippen LogP) is 4.76. The molecular weight excluding hydrogens is 427 g/mol. The van der Waals surface area contributed by atoms with Crippen LogP contribution in [0.1, 0.15) is 34.3 Å². The van der Waals surface area contributed by atoms with Crippen LogP contribution in [-0.2, 0) is 16.6 Å². The highest BCUT2D eigenvalue weighted by molar-refractivity contribution is 7.92. The Morgan fingerprint density at radius 2 is 1.69 bits per heavy atom. The van der Waals surface area contributed by atoms with Gasteiger partial charge in [-0.25, -0.2) is 12.8 Å². The first-order valence-electron chi connectivity index (χ1n) is 10.5. The highest BCUT2D eigenvalue weighted by atomic mass is 32.2. The lowest BCUT2D eigenvalue weighted by atomic mass is 10.1. The Balaban J connectivity index is 1.61. The zero-order valence-electron chi connectivity index (χ0n) is 18.0. The monoisotopic (exact) mass is 452 g/mol. The number of benzene rings is 3. The van der Waals surface area contributed by atoms with E-state index in [9.17, 15) is 17.6 Å². The molecule has 0 atom stereocenters. The Morgan fingerprint density at radius 3 is 2.34 bits per heavy atom. The highest BCUT2D eigenvalue weighted by Gasteiger charge is 2.34. The van der Waals surface area contributed by atoms with E-state index in [0.717, 1.165) is 18.4 Å². The molecule has 5 nitrogen and oxygen atoms in total. The maximum Gasteiger partial charge on any atom is 0.264 e. The van der Waals surface area contributed by atoms with Gasteiger partial charge in [0.15, 0.2) is 0 Å². The predicted molar refractivity (Wildman–Crippen MR) is 123 cm³/mol. The molecule has 0 bridgehead atoms. The molecule has 7 heteroatoms. The molecule has 0 saturated heterocycles. The molecule has 1 aliphatic rings. The second-order valence-corrected chi connectivity index (χ2v) is 10.1. The van der Waals surface area contributed by atoms with Crippen LogP contribution in [0, 0.1) is 12.7 Å². The lowest BCUT2D eigenvalue weighted by molar-refractivity contribution is 0.0728. The molecule has 32 heavy (non-hydrogen) atoms. The number of hydrogen-bond donors (Lipinski definition) is 0. The number of rotatable bonds is 7. The van der Waals surface area contributed by atoms with Gasteiger partial charge in [-0.15, -0.1) is 0 Å². The minimum Gasteiger partial charge on any atom is -0.331 e.